The van der Waals surface area contributed by atoms with Crippen molar-refractivity contribution in [1.29, 1.82) is 0 Å². The molecule has 0 bridgehead atoms. The lowest BCUT2D eigenvalue weighted by atomic mass is 9.94. The normalized spacial score (nSPS) is 16.1. The van der Waals surface area contributed by atoms with Gasteiger partial charge in [0.2, 0.25) is 5.82 Å². The molecular weight excluding hydrogens is 444 g/mol. The Morgan fingerprint density at radius 1 is 1.03 bits per heavy atom. The van der Waals surface area contributed by atoms with Gasteiger partial charge in [0.25, 0.3) is 5.89 Å². The Morgan fingerprint density at radius 3 is 2.59 bits per heavy atom. The van der Waals surface area contributed by atoms with Crippen molar-refractivity contribution in [2.24, 2.45) is 0 Å². The molecule has 1 unspecified atom stereocenters. The van der Waals surface area contributed by atoms with Gasteiger partial charge < -0.3 is 9.84 Å². The quantitative estimate of drug-likeness (QED) is 0.367. The molecule has 2 aromatic carbocycles. The summed E-state index contributed by atoms with van der Waals surface area (Å²) in [5, 5.41) is 9.49. The molecule has 4 aromatic rings. The summed E-state index contributed by atoms with van der Waals surface area (Å²) in [4.78, 5) is 20.9. The van der Waals surface area contributed by atoms with Crippen LogP contribution < -0.4 is 5.32 Å². The van der Waals surface area contributed by atoms with E-state index in [2.05, 4.69) is 21.9 Å². The van der Waals surface area contributed by atoms with Crippen molar-refractivity contribution in [3.63, 3.8) is 0 Å². The van der Waals surface area contributed by atoms with E-state index in [4.69, 9.17) is 9.51 Å². The number of nitrogens with one attached hydrogen (secondary N) is 1. The number of hydrogen-bond acceptors (Lipinski definition) is 5. The first-order valence-corrected chi connectivity index (χ1v) is 12.2. The van der Waals surface area contributed by atoms with Gasteiger partial charge in [-0.25, -0.2) is 4.79 Å². The van der Waals surface area contributed by atoms with E-state index < -0.39 is 0 Å². The molecule has 1 aliphatic heterocycles. The predicted octanol–water partition coefficient (Wildman–Crippen LogP) is 6.16. The third kappa shape index (κ3) is 4.39. The van der Waals surface area contributed by atoms with Crippen molar-refractivity contribution in [2.45, 2.75) is 33.2 Å². The summed E-state index contributed by atoms with van der Waals surface area (Å²) >= 11 is 1.70. The monoisotopic (exact) mass is 470 g/mol. The van der Waals surface area contributed by atoms with E-state index in [1.165, 1.54) is 4.88 Å². The number of benzene rings is 2. The van der Waals surface area contributed by atoms with Crippen LogP contribution in [0, 0.1) is 13.8 Å². The fourth-order valence-electron chi connectivity index (χ4n) is 4.25. The van der Waals surface area contributed by atoms with E-state index in [0.29, 0.717) is 18.3 Å². The molecular formula is C27H26N4O2S. The first kappa shape index (κ1) is 22.1. The third-order valence-electron chi connectivity index (χ3n) is 6.10. The molecule has 1 atom stereocenters. The van der Waals surface area contributed by atoms with Gasteiger partial charge in [-0.3, -0.25) is 4.90 Å². The van der Waals surface area contributed by atoms with Crippen LogP contribution in [0.25, 0.3) is 17.0 Å². The van der Waals surface area contributed by atoms with Crippen LogP contribution in [-0.4, -0.2) is 27.6 Å². The van der Waals surface area contributed by atoms with Crippen LogP contribution in [0.4, 0.5) is 4.79 Å². The second-order valence-electron chi connectivity index (χ2n) is 8.57. The van der Waals surface area contributed by atoms with E-state index in [1.807, 2.05) is 75.4 Å². The van der Waals surface area contributed by atoms with Crippen LogP contribution in [0.15, 0.2) is 76.3 Å². The highest BCUT2D eigenvalue weighted by atomic mass is 32.1. The highest BCUT2D eigenvalue weighted by Gasteiger charge is 2.35. The molecule has 0 aliphatic carbocycles. The Kier molecular flexibility index (Phi) is 6.02. The van der Waals surface area contributed by atoms with Crippen LogP contribution in [0.3, 0.4) is 0 Å². The maximum absolute atomic E-state index is 13.2. The highest BCUT2D eigenvalue weighted by Crippen LogP contribution is 2.37. The van der Waals surface area contributed by atoms with Crippen molar-refractivity contribution in [2.75, 3.05) is 6.54 Å². The zero-order chi connectivity index (χ0) is 23.7. The molecule has 2 aromatic heterocycles. The van der Waals surface area contributed by atoms with Gasteiger partial charge in [-0.1, -0.05) is 64.8 Å². The van der Waals surface area contributed by atoms with Crippen molar-refractivity contribution in [3.8, 4) is 11.4 Å². The maximum Gasteiger partial charge on any atom is 0.322 e. The lowest BCUT2D eigenvalue weighted by molar-refractivity contribution is 0.205. The average molecular weight is 471 g/mol. The van der Waals surface area contributed by atoms with Gasteiger partial charge in [0.1, 0.15) is 0 Å². The molecule has 2 amide bonds. The minimum atomic E-state index is -0.378. The van der Waals surface area contributed by atoms with Gasteiger partial charge in [0.15, 0.2) is 0 Å². The molecule has 0 spiro atoms. The zero-order valence-corrected chi connectivity index (χ0v) is 20.2. The number of aryl methyl sites for hydroxylation is 2. The second-order valence-corrected chi connectivity index (χ2v) is 9.60. The van der Waals surface area contributed by atoms with Crippen molar-refractivity contribution < 1.29 is 9.32 Å². The number of urea groups is 1. The Hall–Kier alpha value is -3.71. The summed E-state index contributed by atoms with van der Waals surface area (Å²) in [6, 6.07) is 19.8. The number of hydrogen-bond donors (Lipinski definition) is 1. The van der Waals surface area contributed by atoms with E-state index in [0.717, 1.165) is 39.9 Å². The van der Waals surface area contributed by atoms with E-state index in [1.54, 1.807) is 16.2 Å². The molecule has 3 heterocycles. The van der Waals surface area contributed by atoms with E-state index in [-0.39, 0.29) is 12.1 Å². The Morgan fingerprint density at radius 2 is 1.85 bits per heavy atom. The van der Waals surface area contributed by atoms with Crippen molar-refractivity contribution >= 4 is 22.9 Å². The Labute approximate surface area is 202 Å². The molecule has 5 rings (SSSR count). The largest absolute Gasteiger partial charge is 0.334 e. The van der Waals surface area contributed by atoms with Crippen LogP contribution >= 0.6 is 11.3 Å². The molecule has 1 aliphatic rings. The van der Waals surface area contributed by atoms with Crippen LogP contribution in [0.2, 0.25) is 0 Å². The number of aromatic nitrogens is 2. The first-order valence-electron chi connectivity index (χ1n) is 11.3. The lowest BCUT2D eigenvalue weighted by Gasteiger charge is -2.35. The Balaban J connectivity index is 1.56. The van der Waals surface area contributed by atoms with Gasteiger partial charge in [-0.15, -0.1) is 11.3 Å². The molecule has 6 nitrogen and oxygen atoms in total. The van der Waals surface area contributed by atoms with Crippen LogP contribution in [0.5, 0.6) is 0 Å². The lowest BCUT2D eigenvalue weighted by Crippen LogP contribution is -2.46. The average Bonchev–Trinajstić information content (AvgIpc) is 3.52. The number of allylic oxidation sites excluding steroid dienone is 1. The van der Waals surface area contributed by atoms with Gasteiger partial charge in [0, 0.05) is 22.7 Å². The molecule has 1 N–H and O–H groups in total. The summed E-state index contributed by atoms with van der Waals surface area (Å²) in [6.07, 6.45) is 0.781. The number of nitrogens with zero attached hydrogens (tertiary/aromatic N) is 3. The number of rotatable bonds is 6. The fraction of sp³-hybridized carbons (Fsp3) is 0.222. The minimum absolute atomic E-state index is 0.123. The summed E-state index contributed by atoms with van der Waals surface area (Å²) in [6.45, 7) is 6.61. The molecule has 0 saturated heterocycles. The van der Waals surface area contributed by atoms with Crippen LogP contribution in [-0.2, 0) is 6.42 Å². The molecule has 0 radical (unpaired) electrons. The third-order valence-corrected chi connectivity index (χ3v) is 7.04. The van der Waals surface area contributed by atoms with Crippen molar-refractivity contribution in [1.82, 2.24) is 20.4 Å². The van der Waals surface area contributed by atoms with E-state index >= 15 is 0 Å². The van der Waals surface area contributed by atoms with Gasteiger partial charge in [0.05, 0.1) is 11.6 Å². The number of amides is 2. The first-order chi connectivity index (χ1) is 16.5. The van der Waals surface area contributed by atoms with Crippen LogP contribution in [0.1, 0.15) is 40.4 Å². The topological polar surface area (TPSA) is 71.3 Å². The Bertz CT molecular complexity index is 1340. The molecule has 172 valence electrons. The van der Waals surface area contributed by atoms with Gasteiger partial charge in [-0.2, -0.15) is 4.98 Å². The summed E-state index contributed by atoms with van der Waals surface area (Å²) in [5.74, 6) is 0.949. The number of carbonyl (C=O) groups is 1. The summed E-state index contributed by atoms with van der Waals surface area (Å²) in [5.41, 5.74) is 5.80. The van der Waals surface area contributed by atoms with E-state index in [9.17, 15) is 4.79 Å². The van der Waals surface area contributed by atoms with Crippen molar-refractivity contribution in [3.05, 3.63) is 99.2 Å². The standard InChI is InChI=1S/C27H26N4O2S/c1-17-9-11-20(12-10-17)24-23(26-29-25(30-33-26)21-7-4-6-18(2)16-21)19(3)31(27(32)28-24)14-13-22-8-5-15-34-22/h4-12,15-16,24H,13-14H2,1-3H3,(H,28,32). The minimum Gasteiger partial charge on any atom is -0.334 e. The summed E-state index contributed by atoms with van der Waals surface area (Å²) in [7, 11) is 0. The smallest absolute Gasteiger partial charge is 0.322 e. The SMILES string of the molecule is CC1=C(c2nc(-c3cccc(C)c3)no2)C(c2ccc(C)cc2)NC(=O)N1CCc1cccs1. The zero-order valence-electron chi connectivity index (χ0n) is 19.4. The maximum atomic E-state index is 13.2. The molecule has 0 saturated carbocycles. The van der Waals surface area contributed by atoms with Gasteiger partial charge in [-0.05, 0) is 50.3 Å². The molecule has 0 fully saturated rings. The summed E-state index contributed by atoms with van der Waals surface area (Å²) < 4.78 is 5.78. The second kappa shape index (κ2) is 9.27. The number of thiophene rings is 1. The number of carbonyl (C=O) groups excluding carboxylic acids is 1. The highest BCUT2D eigenvalue weighted by molar-refractivity contribution is 7.09. The van der Waals surface area contributed by atoms with Gasteiger partial charge >= 0.3 is 6.03 Å². The molecule has 34 heavy (non-hydrogen) atoms. The fourth-order valence-corrected chi connectivity index (χ4v) is 4.95. The molecule has 7 heteroatoms. The predicted molar refractivity (Wildman–Crippen MR) is 134 cm³/mol.